The van der Waals surface area contributed by atoms with E-state index in [0.29, 0.717) is 34.2 Å². The number of carbonyl (C=O) groups is 1. The van der Waals surface area contributed by atoms with Crippen molar-refractivity contribution in [1.82, 2.24) is 0 Å². The van der Waals surface area contributed by atoms with Crippen LogP contribution in [0.25, 0.3) is 22.3 Å². The third-order valence-electron chi connectivity index (χ3n) is 6.14. The predicted molar refractivity (Wildman–Crippen MR) is 135 cm³/mol. The van der Waals surface area contributed by atoms with Gasteiger partial charge in [-0.15, -0.1) is 11.8 Å². The fourth-order valence-corrected chi connectivity index (χ4v) is 5.72. The van der Waals surface area contributed by atoms with Crippen LogP contribution in [0.5, 0.6) is 5.75 Å². The normalized spacial score (nSPS) is 16.3. The molecule has 2 aliphatic heterocycles. The summed E-state index contributed by atoms with van der Waals surface area (Å²) in [5.41, 5.74) is 1.37. The van der Waals surface area contributed by atoms with Gasteiger partial charge in [0.15, 0.2) is 5.76 Å². The van der Waals surface area contributed by atoms with E-state index in [2.05, 4.69) is 0 Å². The standard InChI is InChI=1S/C27H19NO6S/c1-32-16-10-8-15(9-11-16)24(29)20-21-23(17-5-2-3-6-18(17)34-27(21)31)28-12-14-35-26(28)22(20)25(30)19-7-4-13-33-19/h2-11,13,29H,12,14H2,1H3. The summed E-state index contributed by atoms with van der Waals surface area (Å²) in [6.45, 7) is 0.603. The van der Waals surface area contributed by atoms with Gasteiger partial charge in [0.1, 0.15) is 17.1 Å². The van der Waals surface area contributed by atoms with E-state index >= 15 is 0 Å². The number of thioether (sulfide) groups is 1. The minimum atomic E-state index is -0.630. The molecule has 0 aliphatic carbocycles. The van der Waals surface area contributed by atoms with Gasteiger partial charge in [-0.1, -0.05) is 12.1 Å². The zero-order valence-corrected chi connectivity index (χ0v) is 19.4. The van der Waals surface area contributed by atoms with Gasteiger partial charge in [0.25, 0.3) is 0 Å². The van der Waals surface area contributed by atoms with Gasteiger partial charge in [0, 0.05) is 28.8 Å². The number of ketones is 1. The summed E-state index contributed by atoms with van der Waals surface area (Å²) in [7, 11) is 1.55. The van der Waals surface area contributed by atoms with Crippen LogP contribution in [0.15, 0.2) is 91.2 Å². The summed E-state index contributed by atoms with van der Waals surface area (Å²) >= 11 is 1.51. The fraction of sp³-hybridized carbons (Fsp3) is 0.111. The lowest BCUT2D eigenvalue weighted by atomic mass is 9.87. The molecule has 4 heterocycles. The Balaban J connectivity index is 1.72. The number of anilines is 1. The van der Waals surface area contributed by atoms with E-state index in [4.69, 9.17) is 13.6 Å². The van der Waals surface area contributed by atoms with Crippen LogP contribution < -0.4 is 15.3 Å². The first-order valence-corrected chi connectivity index (χ1v) is 11.9. The number of rotatable bonds is 4. The summed E-state index contributed by atoms with van der Waals surface area (Å²) in [6.07, 6.45) is 1.42. The molecule has 4 aromatic rings. The number of carbonyl (C=O) groups excluding carboxylic acids is 1. The van der Waals surface area contributed by atoms with Crippen LogP contribution in [0.3, 0.4) is 0 Å². The Morgan fingerprint density at radius 1 is 1.09 bits per heavy atom. The summed E-state index contributed by atoms with van der Waals surface area (Å²) < 4.78 is 16.3. The highest BCUT2D eigenvalue weighted by Crippen LogP contribution is 2.51. The minimum absolute atomic E-state index is 0.119. The fourth-order valence-electron chi connectivity index (χ4n) is 4.57. The Morgan fingerprint density at radius 3 is 2.63 bits per heavy atom. The molecule has 0 spiro atoms. The van der Waals surface area contributed by atoms with Crippen LogP contribution in [0, 0.1) is 0 Å². The zero-order chi connectivity index (χ0) is 24.1. The second-order valence-electron chi connectivity index (χ2n) is 8.05. The molecule has 7 nitrogen and oxygen atoms in total. The molecule has 2 aliphatic rings. The SMILES string of the molecule is COc1ccc(C(O)=C2C(C(=O)c3ccco3)=C3SCCN3c3c2c(=O)oc2ccccc32)cc1. The molecule has 0 saturated carbocycles. The summed E-state index contributed by atoms with van der Waals surface area (Å²) in [5.74, 6) is 0.829. The number of para-hydroxylation sites is 1. The first kappa shape index (κ1) is 21.4. The highest BCUT2D eigenvalue weighted by atomic mass is 32.2. The summed E-state index contributed by atoms with van der Waals surface area (Å²) in [4.78, 5) is 29.2. The van der Waals surface area contributed by atoms with Gasteiger partial charge in [-0.2, -0.15) is 0 Å². The average molecular weight is 486 g/mol. The molecule has 0 unspecified atom stereocenters. The van der Waals surface area contributed by atoms with E-state index in [0.717, 1.165) is 11.1 Å². The van der Waals surface area contributed by atoms with Crippen LogP contribution in [-0.4, -0.2) is 30.3 Å². The van der Waals surface area contributed by atoms with Gasteiger partial charge in [-0.3, -0.25) is 4.79 Å². The molecule has 1 fully saturated rings. The molecule has 174 valence electrons. The third kappa shape index (κ3) is 3.29. The van der Waals surface area contributed by atoms with Crippen molar-refractivity contribution in [2.75, 3.05) is 24.3 Å². The van der Waals surface area contributed by atoms with Crippen molar-refractivity contribution in [2.24, 2.45) is 0 Å². The lowest BCUT2D eigenvalue weighted by molar-refractivity contribution is 0.101. The molecular weight excluding hydrogens is 466 g/mol. The maximum atomic E-state index is 13.7. The van der Waals surface area contributed by atoms with Crippen LogP contribution in [0.2, 0.25) is 0 Å². The lowest BCUT2D eigenvalue weighted by Crippen LogP contribution is -2.30. The quantitative estimate of drug-likeness (QED) is 0.231. The highest BCUT2D eigenvalue weighted by Gasteiger charge is 2.41. The first-order valence-electron chi connectivity index (χ1n) is 11.0. The van der Waals surface area contributed by atoms with Crippen LogP contribution in [0.4, 0.5) is 5.69 Å². The molecule has 8 heteroatoms. The van der Waals surface area contributed by atoms with Crippen LogP contribution in [0.1, 0.15) is 21.7 Å². The Morgan fingerprint density at radius 2 is 1.89 bits per heavy atom. The Labute approximate surface area is 203 Å². The van der Waals surface area contributed by atoms with Gasteiger partial charge in [-0.25, -0.2) is 4.79 Å². The molecule has 1 saturated heterocycles. The molecule has 35 heavy (non-hydrogen) atoms. The molecule has 6 rings (SSSR count). The van der Waals surface area contributed by atoms with E-state index in [1.807, 2.05) is 17.0 Å². The molecule has 0 radical (unpaired) electrons. The zero-order valence-electron chi connectivity index (χ0n) is 18.6. The Bertz CT molecular complexity index is 1600. The first-order chi connectivity index (χ1) is 17.1. The molecule has 0 amide bonds. The molecule has 0 atom stereocenters. The smallest absolute Gasteiger partial charge is 0.346 e. The molecule has 1 N–H and O–H groups in total. The summed E-state index contributed by atoms with van der Waals surface area (Å²) in [5, 5.41) is 13.0. The largest absolute Gasteiger partial charge is 0.507 e. The van der Waals surface area contributed by atoms with Crippen molar-refractivity contribution in [3.63, 3.8) is 0 Å². The second kappa shape index (κ2) is 8.25. The molecule has 2 aromatic carbocycles. The van der Waals surface area contributed by atoms with Crippen molar-refractivity contribution in [3.8, 4) is 5.75 Å². The predicted octanol–water partition coefficient (Wildman–Crippen LogP) is 5.48. The number of nitrogens with zero attached hydrogens (tertiary/aromatic N) is 1. The number of Topliss-reactive ketones (excluding diaryl/α,β-unsaturated/α-hetero) is 1. The van der Waals surface area contributed by atoms with Crippen molar-refractivity contribution >= 4 is 45.5 Å². The number of hydrogen-bond donors (Lipinski definition) is 1. The van der Waals surface area contributed by atoms with Crippen LogP contribution in [-0.2, 0) is 0 Å². The second-order valence-corrected chi connectivity index (χ2v) is 9.13. The van der Waals surface area contributed by atoms with Crippen molar-refractivity contribution in [3.05, 3.63) is 105 Å². The number of aliphatic hydroxyl groups excluding tert-OH is 1. The van der Waals surface area contributed by atoms with E-state index in [9.17, 15) is 14.7 Å². The van der Waals surface area contributed by atoms with Gasteiger partial charge in [0.05, 0.1) is 35.2 Å². The van der Waals surface area contributed by atoms with Gasteiger partial charge < -0.3 is 23.6 Å². The number of allylic oxidation sites excluding steroid dienone is 2. The van der Waals surface area contributed by atoms with Gasteiger partial charge in [0.2, 0.25) is 5.78 Å². The number of furan rings is 1. The third-order valence-corrected chi connectivity index (χ3v) is 7.23. The van der Waals surface area contributed by atoms with E-state index < -0.39 is 11.4 Å². The maximum absolute atomic E-state index is 13.7. The van der Waals surface area contributed by atoms with E-state index in [1.165, 1.54) is 18.0 Å². The molecule has 2 aromatic heterocycles. The van der Waals surface area contributed by atoms with E-state index in [1.54, 1.807) is 55.6 Å². The number of fused-ring (bicyclic) bond motifs is 5. The minimum Gasteiger partial charge on any atom is -0.507 e. The van der Waals surface area contributed by atoms with Gasteiger partial charge in [-0.05, 0) is 48.5 Å². The maximum Gasteiger partial charge on any atom is 0.346 e. The summed E-state index contributed by atoms with van der Waals surface area (Å²) in [6, 6.07) is 17.2. The number of hydrogen-bond acceptors (Lipinski definition) is 8. The monoisotopic (exact) mass is 485 g/mol. The topological polar surface area (TPSA) is 93.1 Å². The molecule has 0 bridgehead atoms. The van der Waals surface area contributed by atoms with Crippen molar-refractivity contribution < 1.29 is 23.5 Å². The van der Waals surface area contributed by atoms with Crippen molar-refractivity contribution in [1.29, 1.82) is 0 Å². The highest BCUT2D eigenvalue weighted by molar-refractivity contribution is 8.03. The van der Waals surface area contributed by atoms with Crippen molar-refractivity contribution in [2.45, 2.75) is 0 Å². The van der Waals surface area contributed by atoms with E-state index in [-0.39, 0.29) is 28.2 Å². The number of ether oxygens (including phenoxy) is 1. The van der Waals surface area contributed by atoms with Crippen LogP contribution >= 0.6 is 11.8 Å². The number of benzene rings is 2. The lowest BCUT2D eigenvalue weighted by Gasteiger charge is -2.31. The number of aliphatic hydroxyl groups is 1. The Kier molecular flexibility index (Phi) is 5.04. The Hall–Kier alpha value is -4.17. The number of methoxy groups -OCH3 is 1. The average Bonchev–Trinajstić information content (AvgIpc) is 3.60. The van der Waals surface area contributed by atoms with Gasteiger partial charge >= 0.3 is 5.63 Å². The molecular formula is C27H19NO6S.